The van der Waals surface area contributed by atoms with Crippen LogP contribution in [0.2, 0.25) is 0 Å². The maximum atomic E-state index is 5.38. The van der Waals surface area contributed by atoms with E-state index in [0.29, 0.717) is 6.04 Å². The van der Waals surface area contributed by atoms with E-state index >= 15 is 0 Å². The Hall–Kier alpha value is -0.900. The van der Waals surface area contributed by atoms with Gasteiger partial charge in [0.05, 0.1) is 13.2 Å². The molecule has 1 atom stereocenters. The van der Waals surface area contributed by atoms with Crippen LogP contribution in [0, 0.1) is 0 Å². The summed E-state index contributed by atoms with van der Waals surface area (Å²) in [5, 5.41) is 3.56. The van der Waals surface area contributed by atoms with Crippen molar-refractivity contribution >= 4 is 0 Å². The summed E-state index contributed by atoms with van der Waals surface area (Å²) in [5.74, 6) is 0. The topological polar surface area (TPSA) is 24.5 Å². The van der Waals surface area contributed by atoms with Gasteiger partial charge in [0.1, 0.15) is 0 Å². The third kappa shape index (κ3) is 3.78. The zero-order valence-electron chi connectivity index (χ0n) is 11.6. The lowest BCUT2D eigenvalue weighted by Crippen LogP contribution is -2.35. The van der Waals surface area contributed by atoms with Crippen molar-refractivity contribution in [3.63, 3.8) is 0 Å². The number of hydrogen-bond donors (Lipinski definition) is 1. The zero-order valence-corrected chi connectivity index (χ0v) is 11.6. The lowest BCUT2D eigenvalue weighted by molar-refractivity contribution is 0.0342. The summed E-state index contributed by atoms with van der Waals surface area (Å²) in [4.78, 5) is 2.47. The molecule has 0 spiro atoms. The molecule has 1 aromatic rings. The Labute approximate surface area is 115 Å². The molecule has 3 rings (SSSR count). The number of nitrogens with one attached hydrogen (secondary N) is 1. The first kappa shape index (κ1) is 13.1. The zero-order chi connectivity index (χ0) is 12.9. The van der Waals surface area contributed by atoms with E-state index < -0.39 is 0 Å². The van der Waals surface area contributed by atoms with E-state index in [-0.39, 0.29) is 0 Å². The summed E-state index contributed by atoms with van der Waals surface area (Å²) in [6.45, 7) is 6.14. The fourth-order valence-electron chi connectivity index (χ4n) is 3.01. The van der Waals surface area contributed by atoms with Gasteiger partial charge >= 0.3 is 0 Å². The van der Waals surface area contributed by atoms with Crippen molar-refractivity contribution in [1.82, 2.24) is 10.2 Å². The molecule has 2 fully saturated rings. The minimum absolute atomic E-state index is 0.699. The van der Waals surface area contributed by atoms with Gasteiger partial charge < -0.3 is 10.1 Å². The van der Waals surface area contributed by atoms with Crippen molar-refractivity contribution in [2.75, 3.05) is 32.8 Å². The highest BCUT2D eigenvalue weighted by atomic mass is 16.5. The van der Waals surface area contributed by atoms with Crippen LogP contribution in [0.25, 0.3) is 0 Å². The molecule has 3 heteroatoms. The monoisotopic (exact) mass is 260 g/mol. The third-order valence-corrected chi connectivity index (χ3v) is 4.18. The third-order valence-electron chi connectivity index (χ3n) is 4.18. The van der Waals surface area contributed by atoms with Gasteiger partial charge in [0.25, 0.3) is 0 Å². The molecule has 0 saturated carbocycles. The molecule has 0 amide bonds. The number of hydrogen-bond acceptors (Lipinski definition) is 3. The van der Waals surface area contributed by atoms with Crippen LogP contribution in [0.3, 0.4) is 0 Å². The minimum atomic E-state index is 0.699. The van der Waals surface area contributed by atoms with E-state index in [1.807, 2.05) is 0 Å². The molecule has 0 aliphatic carbocycles. The molecule has 2 aliphatic rings. The molecule has 0 radical (unpaired) electrons. The molecule has 0 bridgehead atoms. The number of nitrogens with zero attached hydrogens (tertiary/aromatic N) is 1. The first-order valence-electron chi connectivity index (χ1n) is 7.51. The highest BCUT2D eigenvalue weighted by Crippen LogP contribution is 2.14. The van der Waals surface area contributed by atoms with Crippen molar-refractivity contribution in [2.45, 2.75) is 31.8 Å². The summed E-state index contributed by atoms with van der Waals surface area (Å²) in [5.41, 5.74) is 2.88. The molecule has 1 N–H and O–H groups in total. The van der Waals surface area contributed by atoms with Gasteiger partial charge in [-0.3, -0.25) is 4.90 Å². The Morgan fingerprint density at radius 3 is 2.53 bits per heavy atom. The predicted octanol–water partition coefficient (Wildman–Crippen LogP) is 1.81. The van der Waals surface area contributed by atoms with E-state index in [2.05, 4.69) is 34.5 Å². The molecule has 2 aliphatic heterocycles. The van der Waals surface area contributed by atoms with E-state index in [1.165, 1.54) is 36.9 Å². The van der Waals surface area contributed by atoms with Crippen molar-refractivity contribution in [1.29, 1.82) is 0 Å². The van der Waals surface area contributed by atoms with Gasteiger partial charge in [-0.1, -0.05) is 24.3 Å². The number of ether oxygens (including phenoxy) is 1. The number of benzene rings is 1. The van der Waals surface area contributed by atoms with Crippen LogP contribution < -0.4 is 5.32 Å². The average Bonchev–Trinajstić information content (AvgIpc) is 2.95. The molecule has 2 heterocycles. The molecule has 19 heavy (non-hydrogen) atoms. The van der Waals surface area contributed by atoms with Gasteiger partial charge in [0, 0.05) is 25.7 Å². The molecule has 0 aromatic heterocycles. The molecule has 1 unspecified atom stereocenters. The van der Waals surface area contributed by atoms with Gasteiger partial charge in [-0.15, -0.1) is 0 Å². The Balaban J connectivity index is 1.52. The first-order valence-corrected chi connectivity index (χ1v) is 7.51. The van der Waals surface area contributed by atoms with Crippen molar-refractivity contribution in [2.24, 2.45) is 0 Å². The maximum absolute atomic E-state index is 5.38. The summed E-state index contributed by atoms with van der Waals surface area (Å²) in [6.07, 6.45) is 3.84. The standard InChI is InChI=1S/C16H24N2O/c1-2-16(17-7-1)12-14-3-5-15(6-4-14)13-18-8-10-19-11-9-18/h3-6,16-17H,1-2,7-13H2. The second-order valence-electron chi connectivity index (χ2n) is 5.70. The van der Waals surface area contributed by atoms with Crippen LogP contribution in [0.15, 0.2) is 24.3 Å². The van der Waals surface area contributed by atoms with Crippen LogP contribution >= 0.6 is 0 Å². The first-order chi connectivity index (χ1) is 9.40. The fraction of sp³-hybridized carbons (Fsp3) is 0.625. The molecule has 2 saturated heterocycles. The van der Waals surface area contributed by atoms with E-state index in [1.54, 1.807) is 0 Å². The second kappa shape index (κ2) is 6.51. The molecular weight excluding hydrogens is 236 g/mol. The van der Waals surface area contributed by atoms with E-state index in [4.69, 9.17) is 4.74 Å². The lowest BCUT2D eigenvalue weighted by atomic mass is 10.0. The molecular formula is C16H24N2O. The number of morpholine rings is 1. The molecule has 1 aromatic carbocycles. The van der Waals surface area contributed by atoms with Crippen molar-refractivity contribution in [3.05, 3.63) is 35.4 Å². The second-order valence-corrected chi connectivity index (χ2v) is 5.70. The summed E-state index contributed by atoms with van der Waals surface area (Å²) in [7, 11) is 0. The summed E-state index contributed by atoms with van der Waals surface area (Å²) < 4.78 is 5.38. The Morgan fingerprint density at radius 1 is 1.11 bits per heavy atom. The smallest absolute Gasteiger partial charge is 0.0594 e. The Bertz CT molecular complexity index is 378. The Kier molecular flexibility index (Phi) is 4.49. The van der Waals surface area contributed by atoms with Gasteiger partial charge in [0.15, 0.2) is 0 Å². The average molecular weight is 260 g/mol. The van der Waals surface area contributed by atoms with Crippen molar-refractivity contribution in [3.8, 4) is 0 Å². The van der Waals surface area contributed by atoms with Crippen LogP contribution in [-0.4, -0.2) is 43.8 Å². The van der Waals surface area contributed by atoms with Crippen LogP contribution in [0.4, 0.5) is 0 Å². The summed E-state index contributed by atoms with van der Waals surface area (Å²) >= 11 is 0. The minimum Gasteiger partial charge on any atom is -0.379 e. The van der Waals surface area contributed by atoms with Crippen LogP contribution in [0.5, 0.6) is 0 Å². The SMILES string of the molecule is c1cc(CN2CCOCC2)ccc1CC1CCCN1. The Morgan fingerprint density at radius 2 is 1.84 bits per heavy atom. The van der Waals surface area contributed by atoms with Gasteiger partial charge in [-0.05, 0) is 36.9 Å². The van der Waals surface area contributed by atoms with Gasteiger partial charge in [-0.25, -0.2) is 0 Å². The van der Waals surface area contributed by atoms with Crippen molar-refractivity contribution < 1.29 is 4.74 Å². The largest absolute Gasteiger partial charge is 0.379 e. The highest BCUT2D eigenvalue weighted by Gasteiger charge is 2.14. The van der Waals surface area contributed by atoms with Crippen LogP contribution in [-0.2, 0) is 17.7 Å². The summed E-state index contributed by atoms with van der Waals surface area (Å²) in [6, 6.07) is 9.88. The number of rotatable bonds is 4. The maximum Gasteiger partial charge on any atom is 0.0594 e. The fourth-order valence-corrected chi connectivity index (χ4v) is 3.01. The molecule has 104 valence electrons. The van der Waals surface area contributed by atoms with Gasteiger partial charge in [-0.2, -0.15) is 0 Å². The normalized spacial score (nSPS) is 24.7. The van der Waals surface area contributed by atoms with Crippen LogP contribution in [0.1, 0.15) is 24.0 Å². The lowest BCUT2D eigenvalue weighted by Gasteiger charge is -2.26. The molecule has 3 nitrogen and oxygen atoms in total. The predicted molar refractivity (Wildman–Crippen MR) is 77.3 cm³/mol. The van der Waals surface area contributed by atoms with Gasteiger partial charge in [0.2, 0.25) is 0 Å². The highest BCUT2D eigenvalue weighted by molar-refractivity contribution is 5.23. The van der Waals surface area contributed by atoms with E-state index in [0.717, 1.165) is 32.8 Å². The quantitative estimate of drug-likeness (QED) is 0.893. The van der Waals surface area contributed by atoms with E-state index in [9.17, 15) is 0 Å².